The first kappa shape index (κ1) is 19.1. The molecule has 0 radical (unpaired) electrons. The smallest absolute Gasteiger partial charge is 0.193 e. The predicted molar refractivity (Wildman–Crippen MR) is 105 cm³/mol. The van der Waals surface area contributed by atoms with E-state index in [9.17, 15) is 0 Å². The summed E-state index contributed by atoms with van der Waals surface area (Å²) >= 11 is 0. The van der Waals surface area contributed by atoms with Crippen molar-refractivity contribution in [3.05, 3.63) is 54.0 Å². The zero-order chi connectivity index (χ0) is 18.2. The highest BCUT2D eigenvalue weighted by molar-refractivity contribution is 5.92. The second-order valence-corrected chi connectivity index (χ2v) is 6.38. The molecule has 0 saturated heterocycles. The first-order chi connectivity index (χ1) is 12.0. The molecule has 0 spiro atoms. The Labute approximate surface area is 150 Å². The van der Waals surface area contributed by atoms with E-state index in [-0.39, 0.29) is 6.04 Å². The van der Waals surface area contributed by atoms with Gasteiger partial charge < -0.3 is 15.5 Å². The minimum absolute atomic E-state index is 0.0901. The van der Waals surface area contributed by atoms with Gasteiger partial charge >= 0.3 is 0 Å². The van der Waals surface area contributed by atoms with Crippen LogP contribution in [0.2, 0.25) is 0 Å². The van der Waals surface area contributed by atoms with Gasteiger partial charge in [-0.15, -0.1) is 0 Å². The molecule has 3 N–H and O–H groups in total. The molecule has 5 nitrogen and oxygen atoms in total. The molecule has 0 aliphatic heterocycles. The predicted octanol–water partition coefficient (Wildman–Crippen LogP) is 4.21. The van der Waals surface area contributed by atoms with Crippen LogP contribution in [0.15, 0.2) is 52.1 Å². The molecule has 0 fully saturated rings. The molecule has 2 rings (SSSR count). The molecule has 1 aromatic carbocycles. The van der Waals surface area contributed by atoms with Crippen molar-refractivity contribution in [3.63, 3.8) is 0 Å². The van der Waals surface area contributed by atoms with Gasteiger partial charge in [0.25, 0.3) is 0 Å². The van der Waals surface area contributed by atoms with Gasteiger partial charge in [-0.25, -0.2) is 0 Å². The van der Waals surface area contributed by atoms with Crippen LogP contribution in [0.3, 0.4) is 0 Å². The Morgan fingerprint density at radius 2 is 1.96 bits per heavy atom. The molecule has 0 bridgehead atoms. The molecule has 25 heavy (non-hydrogen) atoms. The van der Waals surface area contributed by atoms with Gasteiger partial charge in [-0.05, 0) is 48.8 Å². The molecule has 0 aliphatic carbocycles. The van der Waals surface area contributed by atoms with Crippen molar-refractivity contribution in [3.8, 4) is 0 Å². The van der Waals surface area contributed by atoms with Crippen molar-refractivity contribution in [2.45, 2.75) is 39.7 Å². The van der Waals surface area contributed by atoms with Crippen LogP contribution >= 0.6 is 0 Å². The van der Waals surface area contributed by atoms with Crippen molar-refractivity contribution < 1.29 is 4.42 Å². The van der Waals surface area contributed by atoms with E-state index in [1.54, 1.807) is 6.26 Å². The lowest BCUT2D eigenvalue weighted by molar-refractivity contribution is 0.198. The maximum Gasteiger partial charge on any atom is 0.193 e. The maximum atomic E-state index is 6.11. The summed E-state index contributed by atoms with van der Waals surface area (Å²) in [5, 5.41) is 3.19. The third-order valence-corrected chi connectivity index (χ3v) is 4.39. The second-order valence-electron chi connectivity index (χ2n) is 6.38. The summed E-state index contributed by atoms with van der Waals surface area (Å²) in [5.41, 5.74) is 8.34. The quantitative estimate of drug-likeness (QED) is 0.557. The number of likely N-dealkylation sites (N-methyl/N-ethyl adjacent to an activating group) is 1. The Kier molecular flexibility index (Phi) is 7.07. The van der Waals surface area contributed by atoms with Gasteiger partial charge in [-0.1, -0.05) is 39.8 Å². The second kappa shape index (κ2) is 9.28. The van der Waals surface area contributed by atoms with Gasteiger partial charge in [0, 0.05) is 5.69 Å². The summed E-state index contributed by atoms with van der Waals surface area (Å²) in [7, 11) is 0. The number of aliphatic imine (C=N–C) groups is 1. The average Bonchev–Trinajstić information content (AvgIpc) is 3.13. The Hall–Kier alpha value is -2.27. The number of nitrogens with one attached hydrogen (secondary N) is 1. The maximum absolute atomic E-state index is 6.11. The number of rotatable bonds is 8. The van der Waals surface area contributed by atoms with Gasteiger partial charge in [0.2, 0.25) is 0 Å². The van der Waals surface area contributed by atoms with Crippen molar-refractivity contribution in [1.82, 2.24) is 4.90 Å². The zero-order valence-corrected chi connectivity index (χ0v) is 15.7. The Bertz CT molecular complexity index is 660. The number of nitrogens with two attached hydrogens (primary N) is 1. The number of hydrogen-bond donors (Lipinski definition) is 2. The summed E-state index contributed by atoms with van der Waals surface area (Å²) in [6.45, 7) is 11.0. The molecule has 1 atom stereocenters. The number of anilines is 1. The minimum Gasteiger partial charge on any atom is -0.468 e. The number of nitrogens with zero attached hydrogens (tertiary/aromatic N) is 2. The summed E-state index contributed by atoms with van der Waals surface area (Å²) in [6, 6.07) is 12.3. The minimum atomic E-state index is 0.0901. The molecule has 0 aliphatic rings. The lowest BCUT2D eigenvalue weighted by atomic mass is 10.0. The van der Waals surface area contributed by atoms with Crippen LogP contribution in [0.1, 0.15) is 51.0 Å². The monoisotopic (exact) mass is 342 g/mol. The zero-order valence-electron chi connectivity index (χ0n) is 15.7. The average molecular weight is 342 g/mol. The largest absolute Gasteiger partial charge is 0.468 e. The summed E-state index contributed by atoms with van der Waals surface area (Å²) in [5.74, 6) is 1.82. The van der Waals surface area contributed by atoms with Crippen molar-refractivity contribution in [2.75, 3.05) is 25.0 Å². The van der Waals surface area contributed by atoms with E-state index in [2.05, 4.69) is 55.0 Å². The van der Waals surface area contributed by atoms with E-state index < -0.39 is 0 Å². The highest BCUT2D eigenvalue weighted by atomic mass is 16.3. The lowest BCUT2D eigenvalue weighted by Crippen LogP contribution is -2.31. The van der Waals surface area contributed by atoms with Gasteiger partial charge in [-0.2, -0.15) is 0 Å². The third kappa shape index (κ3) is 5.36. The Morgan fingerprint density at radius 3 is 2.56 bits per heavy atom. The van der Waals surface area contributed by atoms with E-state index in [0.717, 1.165) is 24.5 Å². The van der Waals surface area contributed by atoms with E-state index in [4.69, 9.17) is 10.2 Å². The molecule has 0 amide bonds. The molecular formula is C20H30N4O. The van der Waals surface area contributed by atoms with Crippen LogP contribution in [0.4, 0.5) is 5.69 Å². The van der Waals surface area contributed by atoms with Crippen LogP contribution in [0, 0.1) is 0 Å². The normalized spacial score (nSPS) is 13.4. The first-order valence-electron chi connectivity index (χ1n) is 8.99. The molecule has 136 valence electrons. The fourth-order valence-electron chi connectivity index (χ4n) is 2.88. The van der Waals surface area contributed by atoms with Crippen molar-refractivity contribution >= 4 is 11.6 Å². The van der Waals surface area contributed by atoms with E-state index >= 15 is 0 Å². The van der Waals surface area contributed by atoms with Gasteiger partial charge in [0.15, 0.2) is 5.96 Å². The summed E-state index contributed by atoms with van der Waals surface area (Å²) in [6.07, 6.45) is 1.70. The number of hydrogen-bond acceptors (Lipinski definition) is 3. The standard InChI is InChI=1S/C20H30N4O/c1-5-24(6-2)18(19-11-8-12-25-19)14-22-20(21)23-17-10-7-9-16(13-17)15(3)4/h7-13,15,18H,5-6,14H2,1-4H3,(H3,21,22,23). The molecule has 1 unspecified atom stereocenters. The molecular weight excluding hydrogens is 312 g/mol. The number of furan rings is 1. The van der Waals surface area contributed by atoms with Crippen LogP contribution in [-0.4, -0.2) is 30.5 Å². The molecule has 1 aromatic heterocycles. The molecule has 2 aromatic rings. The highest BCUT2D eigenvalue weighted by Gasteiger charge is 2.20. The molecule has 5 heteroatoms. The van der Waals surface area contributed by atoms with E-state index in [1.807, 2.05) is 24.3 Å². The van der Waals surface area contributed by atoms with E-state index in [1.165, 1.54) is 5.56 Å². The van der Waals surface area contributed by atoms with Crippen LogP contribution < -0.4 is 11.1 Å². The summed E-state index contributed by atoms with van der Waals surface area (Å²) in [4.78, 5) is 6.86. The molecule has 1 heterocycles. The lowest BCUT2D eigenvalue weighted by Gasteiger charge is -2.26. The van der Waals surface area contributed by atoms with Crippen LogP contribution in [0.25, 0.3) is 0 Å². The van der Waals surface area contributed by atoms with Crippen molar-refractivity contribution in [1.29, 1.82) is 0 Å². The van der Waals surface area contributed by atoms with Gasteiger partial charge in [0.05, 0.1) is 18.8 Å². The number of guanidine groups is 1. The SMILES string of the molecule is CCN(CC)C(CN=C(N)Nc1cccc(C(C)C)c1)c1ccco1. The fraction of sp³-hybridized carbons (Fsp3) is 0.450. The fourth-order valence-corrected chi connectivity index (χ4v) is 2.88. The molecule has 0 saturated carbocycles. The highest BCUT2D eigenvalue weighted by Crippen LogP contribution is 2.22. The number of benzene rings is 1. The van der Waals surface area contributed by atoms with Crippen molar-refractivity contribution in [2.24, 2.45) is 10.7 Å². The van der Waals surface area contributed by atoms with E-state index in [0.29, 0.717) is 18.4 Å². The van der Waals surface area contributed by atoms with Gasteiger partial charge in [0.1, 0.15) is 5.76 Å². The third-order valence-electron chi connectivity index (χ3n) is 4.39. The Morgan fingerprint density at radius 1 is 1.20 bits per heavy atom. The Balaban J connectivity index is 2.08. The first-order valence-corrected chi connectivity index (χ1v) is 8.99. The van der Waals surface area contributed by atoms with Crippen LogP contribution in [-0.2, 0) is 0 Å². The van der Waals surface area contributed by atoms with Gasteiger partial charge in [-0.3, -0.25) is 9.89 Å². The van der Waals surface area contributed by atoms with Crippen LogP contribution in [0.5, 0.6) is 0 Å². The topological polar surface area (TPSA) is 66.8 Å². The summed E-state index contributed by atoms with van der Waals surface area (Å²) < 4.78 is 5.60.